The van der Waals surface area contributed by atoms with E-state index in [-0.39, 0.29) is 23.5 Å². The van der Waals surface area contributed by atoms with E-state index < -0.39 is 9.84 Å². The lowest BCUT2D eigenvalue weighted by atomic mass is 10.0. The van der Waals surface area contributed by atoms with E-state index in [9.17, 15) is 13.2 Å². The highest BCUT2D eigenvalue weighted by Gasteiger charge is 2.32. The Kier molecular flexibility index (Phi) is 4.27. The quantitative estimate of drug-likeness (QED) is 0.785. The molecule has 0 radical (unpaired) electrons. The van der Waals surface area contributed by atoms with Crippen LogP contribution in [0.2, 0.25) is 0 Å². The first-order valence-electron chi connectivity index (χ1n) is 6.65. The number of rotatable bonds is 4. The highest BCUT2D eigenvalue weighted by atomic mass is 32.2. The average Bonchev–Trinajstić information content (AvgIpc) is 2.94. The molecule has 0 saturated carbocycles. The number of sulfone groups is 1. The molecular formula is C12H22N2O3S. The predicted octanol–water partition coefficient (Wildman–Crippen LogP) is 0.0216. The summed E-state index contributed by atoms with van der Waals surface area (Å²) in [4.78, 5) is 13.7. The smallest absolute Gasteiger partial charge is 0.222 e. The van der Waals surface area contributed by atoms with Crippen molar-refractivity contribution in [2.75, 3.05) is 31.6 Å². The summed E-state index contributed by atoms with van der Waals surface area (Å²) in [5.74, 6) is 1.06. The second-order valence-corrected chi connectivity index (χ2v) is 7.69. The molecule has 0 spiro atoms. The summed E-state index contributed by atoms with van der Waals surface area (Å²) in [5, 5.41) is 3.29. The lowest BCUT2D eigenvalue weighted by Crippen LogP contribution is -2.37. The van der Waals surface area contributed by atoms with E-state index in [4.69, 9.17) is 0 Å². The van der Waals surface area contributed by atoms with Crippen molar-refractivity contribution in [2.24, 2.45) is 5.92 Å². The average molecular weight is 274 g/mol. The second-order valence-electron chi connectivity index (χ2n) is 5.46. The molecule has 0 aromatic carbocycles. The van der Waals surface area contributed by atoms with Gasteiger partial charge in [-0.05, 0) is 38.3 Å². The summed E-state index contributed by atoms with van der Waals surface area (Å²) in [6.45, 7) is 2.06. The van der Waals surface area contributed by atoms with Gasteiger partial charge in [0, 0.05) is 19.5 Å². The van der Waals surface area contributed by atoms with Crippen molar-refractivity contribution in [3.63, 3.8) is 0 Å². The normalized spacial score (nSPS) is 30.5. The van der Waals surface area contributed by atoms with E-state index in [0.717, 1.165) is 25.9 Å². The molecule has 0 aliphatic carbocycles. The van der Waals surface area contributed by atoms with E-state index in [1.54, 1.807) is 11.9 Å². The molecule has 0 aromatic rings. The number of amides is 1. The third-order valence-electron chi connectivity index (χ3n) is 4.08. The van der Waals surface area contributed by atoms with Crippen molar-refractivity contribution in [3.8, 4) is 0 Å². The van der Waals surface area contributed by atoms with E-state index in [1.165, 1.54) is 0 Å². The molecule has 0 aromatic heterocycles. The molecule has 2 saturated heterocycles. The number of nitrogens with zero attached hydrogens (tertiary/aromatic N) is 1. The van der Waals surface area contributed by atoms with Gasteiger partial charge in [0.25, 0.3) is 0 Å². The monoisotopic (exact) mass is 274 g/mol. The molecule has 0 bridgehead atoms. The van der Waals surface area contributed by atoms with Crippen LogP contribution in [0, 0.1) is 5.92 Å². The first-order chi connectivity index (χ1) is 8.48. The summed E-state index contributed by atoms with van der Waals surface area (Å²) < 4.78 is 22.8. The molecule has 2 heterocycles. The van der Waals surface area contributed by atoms with Gasteiger partial charge in [0.05, 0.1) is 11.5 Å². The number of nitrogens with one attached hydrogen (secondary N) is 1. The maximum absolute atomic E-state index is 12.0. The Balaban J connectivity index is 1.78. The van der Waals surface area contributed by atoms with Crippen LogP contribution in [0.25, 0.3) is 0 Å². The van der Waals surface area contributed by atoms with Crippen molar-refractivity contribution < 1.29 is 13.2 Å². The summed E-state index contributed by atoms with van der Waals surface area (Å²) in [5.41, 5.74) is 0. The molecule has 2 aliphatic rings. The summed E-state index contributed by atoms with van der Waals surface area (Å²) in [6.07, 6.45) is 3.19. The van der Waals surface area contributed by atoms with Crippen LogP contribution in [0.3, 0.4) is 0 Å². The van der Waals surface area contributed by atoms with Gasteiger partial charge in [-0.2, -0.15) is 0 Å². The standard InChI is InChI=1S/C12H22N2O3S/c1-14(11-5-7-18(16,17)9-11)12(15)3-2-10-4-6-13-8-10/h10-11,13H,2-9H2,1H3. The Morgan fingerprint density at radius 1 is 1.39 bits per heavy atom. The molecule has 1 N–H and O–H groups in total. The number of carbonyl (C=O) groups is 1. The van der Waals surface area contributed by atoms with Gasteiger partial charge in [-0.25, -0.2) is 8.42 Å². The van der Waals surface area contributed by atoms with Gasteiger partial charge in [-0.3, -0.25) is 4.79 Å². The van der Waals surface area contributed by atoms with Crippen LogP contribution in [-0.4, -0.2) is 56.9 Å². The van der Waals surface area contributed by atoms with Crippen LogP contribution in [-0.2, 0) is 14.6 Å². The van der Waals surface area contributed by atoms with Gasteiger partial charge in [-0.15, -0.1) is 0 Å². The highest BCUT2D eigenvalue weighted by molar-refractivity contribution is 7.91. The Hall–Kier alpha value is -0.620. The third kappa shape index (κ3) is 3.45. The van der Waals surface area contributed by atoms with Gasteiger partial charge in [0.1, 0.15) is 0 Å². The molecule has 104 valence electrons. The van der Waals surface area contributed by atoms with E-state index in [0.29, 0.717) is 18.8 Å². The van der Waals surface area contributed by atoms with Crippen LogP contribution in [0.4, 0.5) is 0 Å². The molecule has 5 nitrogen and oxygen atoms in total. The Bertz CT molecular complexity index is 402. The second kappa shape index (κ2) is 5.57. The zero-order valence-electron chi connectivity index (χ0n) is 10.9. The minimum Gasteiger partial charge on any atom is -0.342 e. The molecule has 2 fully saturated rings. The summed E-state index contributed by atoms with van der Waals surface area (Å²) in [6, 6.07) is -0.107. The molecular weight excluding hydrogens is 252 g/mol. The van der Waals surface area contributed by atoms with Crippen molar-refractivity contribution in [3.05, 3.63) is 0 Å². The van der Waals surface area contributed by atoms with Gasteiger partial charge in [0.2, 0.25) is 5.91 Å². The fourth-order valence-electron chi connectivity index (χ4n) is 2.75. The minimum absolute atomic E-state index is 0.0870. The molecule has 6 heteroatoms. The van der Waals surface area contributed by atoms with Gasteiger partial charge in [-0.1, -0.05) is 0 Å². The first-order valence-corrected chi connectivity index (χ1v) is 8.47. The molecule has 2 unspecified atom stereocenters. The fraction of sp³-hybridized carbons (Fsp3) is 0.917. The molecule has 2 atom stereocenters. The van der Waals surface area contributed by atoms with Crippen LogP contribution in [0.5, 0.6) is 0 Å². The van der Waals surface area contributed by atoms with Crippen LogP contribution < -0.4 is 5.32 Å². The Morgan fingerprint density at radius 2 is 2.17 bits per heavy atom. The van der Waals surface area contributed by atoms with Gasteiger partial charge >= 0.3 is 0 Å². The van der Waals surface area contributed by atoms with Crippen molar-refractivity contribution in [1.82, 2.24) is 10.2 Å². The summed E-state index contributed by atoms with van der Waals surface area (Å²) >= 11 is 0. The van der Waals surface area contributed by atoms with Crippen molar-refractivity contribution >= 4 is 15.7 Å². The fourth-order valence-corrected chi connectivity index (χ4v) is 4.52. The maximum atomic E-state index is 12.0. The maximum Gasteiger partial charge on any atom is 0.222 e. The third-order valence-corrected chi connectivity index (χ3v) is 5.83. The zero-order valence-corrected chi connectivity index (χ0v) is 11.7. The molecule has 2 aliphatic heterocycles. The minimum atomic E-state index is -2.91. The number of carbonyl (C=O) groups excluding carboxylic acids is 1. The number of hydrogen-bond acceptors (Lipinski definition) is 4. The van der Waals surface area contributed by atoms with Crippen molar-refractivity contribution in [2.45, 2.75) is 31.7 Å². The van der Waals surface area contributed by atoms with Crippen LogP contribution >= 0.6 is 0 Å². The largest absolute Gasteiger partial charge is 0.342 e. The highest BCUT2D eigenvalue weighted by Crippen LogP contribution is 2.19. The lowest BCUT2D eigenvalue weighted by Gasteiger charge is -2.24. The topological polar surface area (TPSA) is 66.5 Å². The number of hydrogen-bond donors (Lipinski definition) is 1. The molecule has 18 heavy (non-hydrogen) atoms. The summed E-state index contributed by atoms with van der Waals surface area (Å²) in [7, 11) is -1.17. The predicted molar refractivity (Wildman–Crippen MR) is 70.0 cm³/mol. The zero-order chi connectivity index (χ0) is 13.2. The lowest BCUT2D eigenvalue weighted by molar-refractivity contribution is -0.131. The molecule has 1 amide bonds. The van der Waals surface area contributed by atoms with Crippen LogP contribution in [0.1, 0.15) is 25.7 Å². The molecule has 2 rings (SSSR count). The van der Waals surface area contributed by atoms with Crippen LogP contribution in [0.15, 0.2) is 0 Å². The SMILES string of the molecule is CN(C(=O)CCC1CCNC1)C1CCS(=O)(=O)C1. The van der Waals surface area contributed by atoms with Crippen molar-refractivity contribution in [1.29, 1.82) is 0 Å². The van der Waals surface area contributed by atoms with Gasteiger partial charge < -0.3 is 10.2 Å². The van der Waals surface area contributed by atoms with Gasteiger partial charge in [0.15, 0.2) is 9.84 Å². The Labute approximate surface area is 109 Å². The first kappa shape index (κ1) is 13.8. The van der Waals surface area contributed by atoms with E-state index in [1.807, 2.05) is 0 Å². The van der Waals surface area contributed by atoms with E-state index >= 15 is 0 Å². The van der Waals surface area contributed by atoms with E-state index in [2.05, 4.69) is 5.32 Å². The Morgan fingerprint density at radius 3 is 2.72 bits per heavy atom.